The van der Waals surface area contributed by atoms with Crippen LogP contribution in [0.1, 0.15) is 17.8 Å². The highest BCUT2D eigenvalue weighted by molar-refractivity contribution is 7.99. The minimum Gasteiger partial charge on any atom is -0.348 e. The van der Waals surface area contributed by atoms with Crippen LogP contribution < -0.4 is 5.32 Å². The molecule has 2 heterocycles. The number of thiophene rings is 1. The number of amides is 1. The molecule has 124 valence electrons. The Balaban J connectivity index is 1.56. The molecule has 0 fully saturated rings. The Morgan fingerprint density at radius 3 is 2.96 bits per heavy atom. The topological polar surface area (TPSA) is 70.7 Å². The fourth-order valence-electron chi connectivity index (χ4n) is 2.11. The van der Waals surface area contributed by atoms with Crippen LogP contribution in [0, 0.1) is 5.82 Å². The molecule has 0 radical (unpaired) electrons. The molecule has 1 atom stereocenters. The summed E-state index contributed by atoms with van der Waals surface area (Å²) >= 11 is 2.81. The highest BCUT2D eigenvalue weighted by atomic mass is 32.2. The summed E-state index contributed by atoms with van der Waals surface area (Å²) in [5.41, 5.74) is 0.354. The van der Waals surface area contributed by atoms with Crippen molar-refractivity contribution in [3.05, 3.63) is 52.5 Å². The SMILES string of the molecule is C[C@H](NC(=O)CSc1n[nH]c(-c2ccccc2F)n1)c1cccs1. The van der Waals surface area contributed by atoms with Crippen molar-refractivity contribution in [2.75, 3.05) is 5.75 Å². The van der Waals surface area contributed by atoms with Gasteiger partial charge in [-0.2, -0.15) is 0 Å². The number of carbonyl (C=O) groups is 1. The second-order valence-electron chi connectivity index (χ2n) is 5.04. The van der Waals surface area contributed by atoms with E-state index in [0.29, 0.717) is 16.5 Å². The molecule has 0 unspecified atom stereocenters. The van der Waals surface area contributed by atoms with Gasteiger partial charge in [0.05, 0.1) is 17.4 Å². The van der Waals surface area contributed by atoms with Gasteiger partial charge in [0.15, 0.2) is 5.82 Å². The average Bonchev–Trinajstić information content (AvgIpc) is 3.25. The highest BCUT2D eigenvalue weighted by Gasteiger charge is 2.13. The minimum atomic E-state index is -0.368. The van der Waals surface area contributed by atoms with Gasteiger partial charge in [-0.3, -0.25) is 9.89 Å². The van der Waals surface area contributed by atoms with E-state index in [1.54, 1.807) is 29.5 Å². The number of nitrogens with one attached hydrogen (secondary N) is 2. The van der Waals surface area contributed by atoms with Crippen LogP contribution in [0.25, 0.3) is 11.4 Å². The van der Waals surface area contributed by atoms with Gasteiger partial charge < -0.3 is 5.32 Å². The van der Waals surface area contributed by atoms with Crippen molar-refractivity contribution in [2.45, 2.75) is 18.1 Å². The minimum absolute atomic E-state index is 0.0285. The van der Waals surface area contributed by atoms with E-state index in [1.165, 1.54) is 17.8 Å². The van der Waals surface area contributed by atoms with Crippen LogP contribution in [0.2, 0.25) is 0 Å². The third-order valence-corrected chi connectivity index (χ3v) is 5.18. The van der Waals surface area contributed by atoms with E-state index >= 15 is 0 Å². The number of benzene rings is 1. The summed E-state index contributed by atoms with van der Waals surface area (Å²) in [4.78, 5) is 17.3. The Morgan fingerprint density at radius 1 is 1.38 bits per heavy atom. The maximum Gasteiger partial charge on any atom is 0.230 e. The lowest BCUT2D eigenvalue weighted by Gasteiger charge is -2.11. The molecular formula is C16H15FN4OS2. The van der Waals surface area contributed by atoms with Crippen molar-refractivity contribution in [2.24, 2.45) is 0 Å². The van der Waals surface area contributed by atoms with Crippen LogP contribution in [0.3, 0.4) is 0 Å². The molecule has 24 heavy (non-hydrogen) atoms. The molecule has 0 saturated carbocycles. The predicted octanol–water partition coefficient (Wildman–Crippen LogP) is 3.64. The Kier molecular flexibility index (Phi) is 5.27. The zero-order chi connectivity index (χ0) is 16.9. The zero-order valence-electron chi connectivity index (χ0n) is 12.8. The number of H-pyrrole nitrogens is 1. The first-order valence-corrected chi connectivity index (χ1v) is 9.13. The summed E-state index contributed by atoms with van der Waals surface area (Å²) in [6.45, 7) is 1.94. The zero-order valence-corrected chi connectivity index (χ0v) is 14.5. The first kappa shape index (κ1) is 16.7. The Morgan fingerprint density at radius 2 is 2.21 bits per heavy atom. The summed E-state index contributed by atoms with van der Waals surface area (Å²) < 4.78 is 13.7. The van der Waals surface area contributed by atoms with E-state index in [0.717, 1.165) is 4.88 Å². The quantitative estimate of drug-likeness (QED) is 0.657. The van der Waals surface area contributed by atoms with Crippen molar-refractivity contribution >= 4 is 29.0 Å². The average molecular weight is 362 g/mol. The number of aromatic nitrogens is 3. The third-order valence-electron chi connectivity index (χ3n) is 3.27. The smallest absolute Gasteiger partial charge is 0.230 e. The predicted molar refractivity (Wildman–Crippen MR) is 93.4 cm³/mol. The third kappa shape index (κ3) is 4.01. The maximum absolute atomic E-state index is 13.7. The molecule has 1 aromatic carbocycles. The lowest BCUT2D eigenvalue weighted by Crippen LogP contribution is -2.27. The van der Waals surface area contributed by atoms with Gasteiger partial charge in [-0.05, 0) is 30.5 Å². The monoisotopic (exact) mass is 362 g/mol. The van der Waals surface area contributed by atoms with Crippen LogP contribution in [0.4, 0.5) is 4.39 Å². The van der Waals surface area contributed by atoms with Gasteiger partial charge in [0.2, 0.25) is 11.1 Å². The molecular weight excluding hydrogens is 347 g/mol. The second kappa shape index (κ2) is 7.59. The molecule has 3 rings (SSSR count). The van der Waals surface area contributed by atoms with E-state index in [4.69, 9.17) is 0 Å². The molecule has 2 N–H and O–H groups in total. The molecule has 0 saturated heterocycles. The number of aromatic amines is 1. The fraction of sp³-hybridized carbons (Fsp3) is 0.188. The van der Waals surface area contributed by atoms with E-state index in [9.17, 15) is 9.18 Å². The summed E-state index contributed by atoms with van der Waals surface area (Å²) in [6, 6.07) is 10.2. The van der Waals surface area contributed by atoms with Crippen LogP contribution in [0.5, 0.6) is 0 Å². The summed E-state index contributed by atoms with van der Waals surface area (Å²) in [7, 11) is 0. The normalized spacial score (nSPS) is 12.1. The van der Waals surface area contributed by atoms with Crippen molar-refractivity contribution in [1.82, 2.24) is 20.5 Å². The fourth-order valence-corrected chi connectivity index (χ4v) is 3.45. The Labute approximate surface area is 146 Å². The lowest BCUT2D eigenvalue weighted by molar-refractivity contribution is -0.119. The van der Waals surface area contributed by atoms with Crippen LogP contribution in [0.15, 0.2) is 46.9 Å². The lowest BCUT2D eigenvalue weighted by atomic mass is 10.2. The Hall–Kier alpha value is -2.19. The highest BCUT2D eigenvalue weighted by Crippen LogP contribution is 2.22. The first-order valence-electron chi connectivity index (χ1n) is 7.26. The molecule has 1 amide bonds. The molecule has 2 aromatic heterocycles. The summed E-state index contributed by atoms with van der Waals surface area (Å²) in [5, 5.41) is 12.0. The van der Waals surface area contributed by atoms with Crippen LogP contribution >= 0.6 is 23.1 Å². The second-order valence-corrected chi connectivity index (χ2v) is 6.96. The van der Waals surface area contributed by atoms with Gasteiger partial charge in [0.1, 0.15) is 5.82 Å². The number of thioether (sulfide) groups is 1. The molecule has 8 heteroatoms. The number of hydrogen-bond acceptors (Lipinski definition) is 5. The van der Waals surface area contributed by atoms with Crippen molar-refractivity contribution < 1.29 is 9.18 Å². The molecule has 0 aliphatic rings. The summed E-state index contributed by atoms with van der Waals surface area (Å²) in [6.07, 6.45) is 0. The van der Waals surface area contributed by atoms with Gasteiger partial charge >= 0.3 is 0 Å². The van der Waals surface area contributed by atoms with E-state index in [-0.39, 0.29) is 23.5 Å². The number of rotatable bonds is 6. The van der Waals surface area contributed by atoms with Gasteiger partial charge in [-0.1, -0.05) is 30.0 Å². The molecule has 3 aromatic rings. The van der Waals surface area contributed by atoms with Gasteiger partial charge in [0.25, 0.3) is 0 Å². The number of carbonyl (C=O) groups excluding carboxylic acids is 1. The Bertz CT molecular complexity index is 819. The van der Waals surface area contributed by atoms with E-state index in [1.807, 2.05) is 24.4 Å². The van der Waals surface area contributed by atoms with Crippen LogP contribution in [-0.2, 0) is 4.79 Å². The van der Waals surface area contributed by atoms with E-state index in [2.05, 4.69) is 20.5 Å². The number of hydrogen-bond donors (Lipinski definition) is 2. The van der Waals surface area contributed by atoms with E-state index < -0.39 is 0 Å². The molecule has 5 nitrogen and oxygen atoms in total. The molecule has 0 spiro atoms. The maximum atomic E-state index is 13.7. The molecule has 0 bridgehead atoms. The van der Waals surface area contributed by atoms with Crippen molar-refractivity contribution in [3.8, 4) is 11.4 Å². The van der Waals surface area contributed by atoms with Crippen molar-refractivity contribution in [1.29, 1.82) is 0 Å². The first-order chi connectivity index (χ1) is 11.6. The van der Waals surface area contributed by atoms with Gasteiger partial charge in [0, 0.05) is 4.88 Å². The number of nitrogens with zero attached hydrogens (tertiary/aromatic N) is 2. The van der Waals surface area contributed by atoms with Gasteiger partial charge in [-0.15, -0.1) is 16.4 Å². The molecule has 0 aliphatic heterocycles. The molecule has 0 aliphatic carbocycles. The largest absolute Gasteiger partial charge is 0.348 e. The van der Waals surface area contributed by atoms with Crippen molar-refractivity contribution in [3.63, 3.8) is 0 Å². The van der Waals surface area contributed by atoms with Crippen LogP contribution in [-0.4, -0.2) is 26.8 Å². The summed E-state index contributed by atoms with van der Waals surface area (Å²) in [5.74, 6) is 0.0819. The number of halogens is 1. The van der Waals surface area contributed by atoms with Gasteiger partial charge in [-0.25, -0.2) is 9.37 Å². The standard InChI is InChI=1S/C16H15FN4OS2/c1-10(13-7-4-8-23-13)18-14(22)9-24-16-19-15(20-21-16)11-5-2-3-6-12(11)17/h2-8,10H,9H2,1H3,(H,18,22)(H,19,20,21)/t10-/m0/s1.